The van der Waals surface area contributed by atoms with Gasteiger partial charge in [-0.1, -0.05) is 20.8 Å². The van der Waals surface area contributed by atoms with Crippen molar-refractivity contribution in [2.75, 3.05) is 19.1 Å². The lowest BCUT2D eigenvalue weighted by molar-refractivity contribution is 0.404. The van der Waals surface area contributed by atoms with Crippen molar-refractivity contribution in [1.29, 1.82) is 0 Å². The fourth-order valence-electron chi connectivity index (χ4n) is 1.55. The number of sulfone groups is 1. The van der Waals surface area contributed by atoms with E-state index in [2.05, 4.69) is 0 Å². The molecule has 0 atom stereocenters. The van der Waals surface area contributed by atoms with Crippen molar-refractivity contribution in [3.63, 3.8) is 0 Å². The molecule has 1 rings (SSSR count). The van der Waals surface area contributed by atoms with E-state index in [1.807, 2.05) is 20.8 Å². The minimum atomic E-state index is -3.36. The van der Waals surface area contributed by atoms with Crippen LogP contribution in [-0.4, -0.2) is 21.8 Å². The highest BCUT2D eigenvalue weighted by Crippen LogP contribution is 2.35. The summed E-state index contributed by atoms with van der Waals surface area (Å²) in [6, 6.07) is 3.39. The first-order valence-corrected chi connectivity index (χ1v) is 7.14. The van der Waals surface area contributed by atoms with Gasteiger partial charge in [-0.25, -0.2) is 8.42 Å². The molecule has 0 amide bonds. The molecule has 0 aromatic heterocycles. The molecule has 1 aromatic rings. The third-order valence-corrected chi connectivity index (χ3v) is 3.66. The molecule has 1 aromatic carbocycles. The summed E-state index contributed by atoms with van der Waals surface area (Å²) in [5, 5.41) is 0. The van der Waals surface area contributed by atoms with Gasteiger partial charge in [0.15, 0.2) is 15.6 Å². The molecule has 0 saturated heterocycles. The highest BCUT2D eigenvalue weighted by atomic mass is 32.2. The maximum absolute atomic E-state index is 11.7. The zero-order chi connectivity index (χ0) is 13.4. The number of hydrogen-bond acceptors (Lipinski definition) is 4. The molecule has 0 radical (unpaired) electrons. The molecule has 0 unspecified atom stereocenters. The Labute approximate surface area is 103 Å². The van der Waals surface area contributed by atoms with E-state index in [0.717, 1.165) is 11.8 Å². The maximum atomic E-state index is 11.7. The van der Waals surface area contributed by atoms with Crippen molar-refractivity contribution >= 4 is 15.5 Å². The standard InChI is InChI=1S/C12H19NO3S/c1-12(2,3)8-6-9(13)11(16-4)10(7-8)17(5,14)15/h6-7H,13H2,1-5H3. The largest absolute Gasteiger partial charge is 0.493 e. The average molecular weight is 257 g/mol. The number of nitrogens with two attached hydrogens (primary N) is 1. The van der Waals surface area contributed by atoms with Crippen LogP contribution in [0.1, 0.15) is 26.3 Å². The number of hydrogen-bond donors (Lipinski definition) is 1. The van der Waals surface area contributed by atoms with E-state index in [1.165, 1.54) is 7.11 Å². The van der Waals surface area contributed by atoms with Gasteiger partial charge >= 0.3 is 0 Å². The van der Waals surface area contributed by atoms with Crippen LogP contribution in [0.15, 0.2) is 17.0 Å². The van der Waals surface area contributed by atoms with Crippen LogP contribution in [0.3, 0.4) is 0 Å². The van der Waals surface area contributed by atoms with Gasteiger partial charge in [-0.05, 0) is 23.1 Å². The van der Waals surface area contributed by atoms with Gasteiger partial charge in [0, 0.05) is 6.26 Å². The van der Waals surface area contributed by atoms with Gasteiger partial charge in [-0.15, -0.1) is 0 Å². The maximum Gasteiger partial charge on any atom is 0.179 e. The highest BCUT2D eigenvalue weighted by Gasteiger charge is 2.22. The number of benzene rings is 1. The first-order chi connectivity index (χ1) is 7.57. The van der Waals surface area contributed by atoms with Gasteiger partial charge < -0.3 is 10.5 Å². The van der Waals surface area contributed by atoms with E-state index in [-0.39, 0.29) is 16.1 Å². The Hall–Kier alpha value is -1.23. The van der Waals surface area contributed by atoms with Crippen LogP contribution < -0.4 is 10.5 Å². The Morgan fingerprint density at radius 3 is 2.12 bits per heavy atom. The van der Waals surface area contributed by atoms with Gasteiger partial charge in [0.1, 0.15) is 4.90 Å². The van der Waals surface area contributed by atoms with Gasteiger partial charge in [0.2, 0.25) is 0 Å². The van der Waals surface area contributed by atoms with Crippen LogP contribution in [0.25, 0.3) is 0 Å². The summed E-state index contributed by atoms with van der Waals surface area (Å²) in [6.45, 7) is 6.00. The van der Waals surface area contributed by atoms with E-state index in [0.29, 0.717) is 5.69 Å². The fraction of sp³-hybridized carbons (Fsp3) is 0.500. The van der Waals surface area contributed by atoms with E-state index in [9.17, 15) is 8.42 Å². The van der Waals surface area contributed by atoms with Gasteiger partial charge in [0.05, 0.1) is 12.8 Å². The van der Waals surface area contributed by atoms with Crippen LogP contribution in [0.4, 0.5) is 5.69 Å². The van der Waals surface area contributed by atoms with Crippen molar-refractivity contribution in [1.82, 2.24) is 0 Å². The molecule has 5 heteroatoms. The second-order valence-corrected chi connectivity index (χ2v) is 7.10. The first-order valence-electron chi connectivity index (χ1n) is 5.25. The lowest BCUT2D eigenvalue weighted by Crippen LogP contribution is -2.14. The van der Waals surface area contributed by atoms with Gasteiger partial charge in [-0.3, -0.25) is 0 Å². The summed E-state index contributed by atoms with van der Waals surface area (Å²) >= 11 is 0. The lowest BCUT2D eigenvalue weighted by Gasteiger charge is -2.22. The Balaban J connectivity index is 3.63. The van der Waals surface area contributed by atoms with Crippen LogP contribution in [0, 0.1) is 0 Å². The van der Waals surface area contributed by atoms with Crippen molar-refractivity contribution in [2.24, 2.45) is 0 Å². The molecule has 0 fully saturated rings. The summed E-state index contributed by atoms with van der Waals surface area (Å²) in [4.78, 5) is 0.143. The summed E-state index contributed by atoms with van der Waals surface area (Å²) in [5.41, 5.74) is 6.89. The predicted octanol–water partition coefficient (Wildman–Crippen LogP) is 1.98. The number of anilines is 1. The van der Waals surface area contributed by atoms with E-state index in [1.54, 1.807) is 12.1 Å². The third-order valence-electron chi connectivity index (χ3n) is 2.55. The predicted molar refractivity (Wildman–Crippen MR) is 69.2 cm³/mol. The Morgan fingerprint density at radius 1 is 1.24 bits per heavy atom. The Kier molecular flexibility index (Phi) is 3.43. The average Bonchev–Trinajstić information content (AvgIpc) is 2.13. The summed E-state index contributed by atoms with van der Waals surface area (Å²) < 4.78 is 28.5. The molecule has 17 heavy (non-hydrogen) atoms. The second-order valence-electron chi connectivity index (χ2n) is 5.12. The summed E-state index contributed by atoms with van der Waals surface area (Å²) in [6.07, 6.45) is 1.15. The highest BCUT2D eigenvalue weighted by molar-refractivity contribution is 7.90. The fourth-order valence-corrected chi connectivity index (χ4v) is 2.43. The molecule has 0 spiro atoms. The molecular formula is C12H19NO3S. The topological polar surface area (TPSA) is 69.4 Å². The SMILES string of the molecule is COc1c(N)cc(C(C)(C)C)cc1S(C)(=O)=O. The normalized spacial score (nSPS) is 12.5. The number of methoxy groups -OCH3 is 1. The van der Waals surface area contributed by atoms with Crippen molar-refractivity contribution < 1.29 is 13.2 Å². The second kappa shape index (κ2) is 4.22. The first kappa shape index (κ1) is 13.8. The van der Waals surface area contributed by atoms with Gasteiger partial charge in [-0.2, -0.15) is 0 Å². The molecular weight excluding hydrogens is 238 g/mol. The van der Waals surface area contributed by atoms with E-state index >= 15 is 0 Å². The van der Waals surface area contributed by atoms with Crippen LogP contribution in [0.5, 0.6) is 5.75 Å². The quantitative estimate of drug-likeness (QED) is 0.822. The molecule has 96 valence electrons. The molecule has 0 heterocycles. The number of rotatable bonds is 2. The number of ether oxygens (including phenoxy) is 1. The van der Waals surface area contributed by atoms with Crippen molar-refractivity contribution in [3.05, 3.63) is 17.7 Å². The molecule has 0 bridgehead atoms. The lowest BCUT2D eigenvalue weighted by atomic mass is 9.87. The summed E-state index contributed by atoms with van der Waals surface area (Å²) in [5.74, 6) is 0.223. The van der Waals surface area contributed by atoms with Crippen LogP contribution in [-0.2, 0) is 15.3 Å². The number of nitrogen functional groups attached to an aromatic ring is 1. The molecule has 0 saturated carbocycles. The molecule has 0 aliphatic heterocycles. The third kappa shape index (κ3) is 2.91. The van der Waals surface area contributed by atoms with E-state index in [4.69, 9.17) is 10.5 Å². The minimum absolute atomic E-state index is 0.143. The van der Waals surface area contributed by atoms with E-state index < -0.39 is 9.84 Å². The van der Waals surface area contributed by atoms with Crippen molar-refractivity contribution in [2.45, 2.75) is 31.1 Å². The molecule has 0 aliphatic carbocycles. The molecule has 2 N–H and O–H groups in total. The van der Waals surface area contributed by atoms with Gasteiger partial charge in [0.25, 0.3) is 0 Å². The van der Waals surface area contributed by atoms with Crippen molar-refractivity contribution in [3.8, 4) is 5.75 Å². The monoisotopic (exact) mass is 257 g/mol. The minimum Gasteiger partial charge on any atom is -0.493 e. The van der Waals surface area contributed by atoms with Crippen LogP contribution in [0.2, 0.25) is 0 Å². The zero-order valence-electron chi connectivity index (χ0n) is 10.9. The Bertz CT molecular complexity index is 527. The molecule has 0 aliphatic rings. The summed E-state index contributed by atoms with van der Waals surface area (Å²) in [7, 11) is -1.94. The molecule has 4 nitrogen and oxygen atoms in total. The zero-order valence-corrected chi connectivity index (χ0v) is 11.7. The Morgan fingerprint density at radius 2 is 1.76 bits per heavy atom. The smallest absolute Gasteiger partial charge is 0.179 e. The van der Waals surface area contributed by atoms with Crippen LogP contribution >= 0.6 is 0 Å².